The molecule has 88 valence electrons. The van der Waals surface area contributed by atoms with E-state index in [0.29, 0.717) is 4.90 Å². The Hall–Kier alpha value is -1.07. The Morgan fingerprint density at radius 1 is 1.31 bits per heavy atom. The van der Waals surface area contributed by atoms with Crippen LogP contribution in [0.25, 0.3) is 0 Å². The molecular formula is C11H16N2O2S. The third-order valence-corrected chi connectivity index (χ3v) is 4.60. The Labute approximate surface area is 96.3 Å². The molecule has 0 aliphatic carbocycles. The molecule has 0 spiro atoms. The molecule has 1 aromatic rings. The van der Waals surface area contributed by atoms with Gasteiger partial charge in [0.05, 0.1) is 4.90 Å². The molecule has 0 radical (unpaired) electrons. The zero-order valence-corrected chi connectivity index (χ0v) is 10.3. The van der Waals surface area contributed by atoms with Gasteiger partial charge in [-0.05, 0) is 36.6 Å². The molecule has 4 nitrogen and oxygen atoms in total. The summed E-state index contributed by atoms with van der Waals surface area (Å²) in [5.41, 5.74) is 2.15. The number of sulfonamides is 1. The first-order valence-corrected chi connectivity index (χ1v) is 6.75. The molecule has 1 aliphatic heterocycles. The van der Waals surface area contributed by atoms with Gasteiger partial charge in [-0.25, -0.2) is 12.7 Å². The minimum Gasteiger partial charge on any atom is -0.385 e. The van der Waals surface area contributed by atoms with Crippen LogP contribution in [0.1, 0.15) is 12.0 Å². The van der Waals surface area contributed by atoms with E-state index in [9.17, 15) is 8.42 Å². The summed E-state index contributed by atoms with van der Waals surface area (Å²) in [6.45, 7) is 0.965. The maximum Gasteiger partial charge on any atom is 0.242 e. The van der Waals surface area contributed by atoms with E-state index in [2.05, 4.69) is 5.32 Å². The lowest BCUT2D eigenvalue weighted by atomic mass is 10.0. The summed E-state index contributed by atoms with van der Waals surface area (Å²) in [6, 6.07) is 5.29. The van der Waals surface area contributed by atoms with E-state index in [1.807, 2.05) is 6.07 Å². The number of anilines is 1. The summed E-state index contributed by atoms with van der Waals surface area (Å²) in [5.74, 6) is 0. The number of fused-ring (bicyclic) bond motifs is 1. The minimum atomic E-state index is -3.30. The van der Waals surface area contributed by atoms with Crippen molar-refractivity contribution in [2.75, 3.05) is 26.0 Å². The second-order valence-electron chi connectivity index (χ2n) is 4.14. The number of hydrogen-bond donors (Lipinski definition) is 1. The fraction of sp³-hybridized carbons (Fsp3) is 0.455. The lowest BCUT2D eigenvalue weighted by Gasteiger charge is -2.19. The molecule has 2 rings (SSSR count). The number of aryl methyl sites for hydroxylation is 1. The van der Waals surface area contributed by atoms with Gasteiger partial charge in [-0.15, -0.1) is 0 Å². The van der Waals surface area contributed by atoms with Gasteiger partial charge in [-0.1, -0.05) is 0 Å². The van der Waals surface area contributed by atoms with E-state index >= 15 is 0 Å². The summed E-state index contributed by atoms with van der Waals surface area (Å²) >= 11 is 0. The van der Waals surface area contributed by atoms with Crippen molar-refractivity contribution in [1.29, 1.82) is 0 Å². The van der Waals surface area contributed by atoms with E-state index < -0.39 is 10.0 Å². The normalized spacial score (nSPS) is 15.7. The molecule has 1 heterocycles. The summed E-state index contributed by atoms with van der Waals surface area (Å²) in [6.07, 6.45) is 2.00. The van der Waals surface area contributed by atoms with Crippen LogP contribution in [0.5, 0.6) is 0 Å². The molecule has 0 saturated carbocycles. The molecule has 16 heavy (non-hydrogen) atoms. The average Bonchev–Trinajstić information content (AvgIpc) is 2.28. The molecule has 1 aliphatic rings. The van der Waals surface area contributed by atoms with Crippen LogP contribution in [0, 0.1) is 0 Å². The van der Waals surface area contributed by atoms with Gasteiger partial charge in [-0.2, -0.15) is 0 Å². The fourth-order valence-electron chi connectivity index (χ4n) is 1.82. The molecule has 0 atom stereocenters. The smallest absolute Gasteiger partial charge is 0.242 e. The molecule has 0 unspecified atom stereocenters. The van der Waals surface area contributed by atoms with Crippen LogP contribution in [0.4, 0.5) is 5.69 Å². The van der Waals surface area contributed by atoms with Crippen LogP contribution in [0.2, 0.25) is 0 Å². The van der Waals surface area contributed by atoms with Crippen molar-refractivity contribution in [3.63, 3.8) is 0 Å². The molecular weight excluding hydrogens is 224 g/mol. The lowest BCUT2D eigenvalue weighted by Crippen LogP contribution is -2.22. The standard InChI is InChI=1S/C11H16N2O2S/c1-13(2)16(14,15)10-5-6-11-9(8-10)4-3-7-12-11/h5-6,8,12H,3-4,7H2,1-2H3. The van der Waals surface area contributed by atoms with Crippen molar-refractivity contribution in [3.8, 4) is 0 Å². The third kappa shape index (κ3) is 1.92. The number of benzene rings is 1. The Balaban J connectivity index is 2.45. The van der Waals surface area contributed by atoms with Crippen molar-refractivity contribution in [3.05, 3.63) is 23.8 Å². The highest BCUT2D eigenvalue weighted by molar-refractivity contribution is 7.89. The van der Waals surface area contributed by atoms with E-state index in [1.165, 1.54) is 4.31 Å². The van der Waals surface area contributed by atoms with Gasteiger partial charge in [0.1, 0.15) is 0 Å². The molecule has 0 amide bonds. The monoisotopic (exact) mass is 240 g/mol. The first kappa shape index (κ1) is 11.4. The highest BCUT2D eigenvalue weighted by Gasteiger charge is 2.19. The Kier molecular flexibility index (Phi) is 2.90. The zero-order chi connectivity index (χ0) is 11.8. The van der Waals surface area contributed by atoms with Gasteiger partial charge in [-0.3, -0.25) is 0 Å². The van der Waals surface area contributed by atoms with Gasteiger partial charge < -0.3 is 5.32 Å². The topological polar surface area (TPSA) is 49.4 Å². The third-order valence-electron chi connectivity index (χ3n) is 2.79. The van der Waals surface area contributed by atoms with E-state index in [0.717, 1.165) is 30.6 Å². The second kappa shape index (κ2) is 4.07. The number of nitrogens with zero attached hydrogens (tertiary/aromatic N) is 1. The van der Waals surface area contributed by atoms with Crippen LogP contribution in [0.15, 0.2) is 23.1 Å². The number of nitrogens with one attached hydrogen (secondary N) is 1. The van der Waals surface area contributed by atoms with Crippen molar-refractivity contribution in [1.82, 2.24) is 4.31 Å². The Bertz CT molecular complexity index is 495. The largest absolute Gasteiger partial charge is 0.385 e. The Morgan fingerprint density at radius 2 is 2.06 bits per heavy atom. The van der Waals surface area contributed by atoms with Crippen molar-refractivity contribution in [2.45, 2.75) is 17.7 Å². The predicted molar refractivity (Wildman–Crippen MR) is 64.1 cm³/mol. The molecule has 1 aromatic carbocycles. The number of rotatable bonds is 2. The summed E-state index contributed by atoms with van der Waals surface area (Å²) < 4.78 is 25.1. The van der Waals surface area contributed by atoms with Crippen LogP contribution in [-0.2, 0) is 16.4 Å². The van der Waals surface area contributed by atoms with E-state index in [4.69, 9.17) is 0 Å². The van der Waals surface area contributed by atoms with Gasteiger partial charge >= 0.3 is 0 Å². The quantitative estimate of drug-likeness (QED) is 0.847. The van der Waals surface area contributed by atoms with Crippen LogP contribution < -0.4 is 5.32 Å². The summed E-state index contributed by atoms with van der Waals surface area (Å²) in [4.78, 5) is 0.375. The summed E-state index contributed by atoms with van der Waals surface area (Å²) in [7, 11) is -0.208. The zero-order valence-electron chi connectivity index (χ0n) is 9.53. The molecule has 0 fully saturated rings. The van der Waals surface area contributed by atoms with Crippen LogP contribution in [0.3, 0.4) is 0 Å². The van der Waals surface area contributed by atoms with Crippen molar-refractivity contribution < 1.29 is 8.42 Å². The van der Waals surface area contributed by atoms with Gasteiger partial charge in [0.2, 0.25) is 10.0 Å². The van der Waals surface area contributed by atoms with Crippen LogP contribution >= 0.6 is 0 Å². The lowest BCUT2D eigenvalue weighted by molar-refractivity contribution is 0.520. The highest BCUT2D eigenvalue weighted by Crippen LogP contribution is 2.25. The second-order valence-corrected chi connectivity index (χ2v) is 6.29. The first-order valence-electron chi connectivity index (χ1n) is 5.31. The number of hydrogen-bond acceptors (Lipinski definition) is 3. The highest BCUT2D eigenvalue weighted by atomic mass is 32.2. The average molecular weight is 240 g/mol. The fourth-order valence-corrected chi connectivity index (χ4v) is 2.78. The SMILES string of the molecule is CN(C)S(=O)(=O)c1ccc2c(c1)CCCN2. The molecule has 0 bridgehead atoms. The van der Waals surface area contributed by atoms with Gasteiger partial charge in [0, 0.05) is 26.3 Å². The van der Waals surface area contributed by atoms with Crippen LogP contribution in [-0.4, -0.2) is 33.4 Å². The molecule has 5 heteroatoms. The molecule has 0 aromatic heterocycles. The predicted octanol–water partition coefficient (Wildman–Crippen LogP) is 1.30. The van der Waals surface area contributed by atoms with Gasteiger partial charge in [0.25, 0.3) is 0 Å². The summed E-state index contributed by atoms with van der Waals surface area (Å²) in [5, 5.41) is 3.26. The van der Waals surface area contributed by atoms with E-state index in [-0.39, 0.29) is 0 Å². The molecule has 0 saturated heterocycles. The maximum atomic E-state index is 11.9. The van der Waals surface area contributed by atoms with E-state index in [1.54, 1.807) is 26.2 Å². The minimum absolute atomic E-state index is 0.375. The first-order chi connectivity index (χ1) is 7.51. The van der Waals surface area contributed by atoms with Crippen molar-refractivity contribution >= 4 is 15.7 Å². The molecule has 1 N–H and O–H groups in total. The van der Waals surface area contributed by atoms with Gasteiger partial charge in [0.15, 0.2) is 0 Å². The maximum absolute atomic E-state index is 11.9. The Morgan fingerprint density at radius 3 is 2.75 bits per heavy atom. The van der Waals surface area contributed by atoms with Crippen molar-refractivity contribution in [2.24, 2.45) is 0 Å².